The first-order valence-electron chi connectivity index (χ1n) is 8.05. The third-order valence-electron chi connectivity index (χ3n) is 4.06. The van der Waals surface area contributed by atoms with Gasteiger partial charge in [0.2, 0.25) is 11.8 Å². The minimum Gasteiger partial charge on any atom is -0.379 e. The zero-order valence-electron chi connectivity index (χ0n) is 13.4. The SMILES string of the molecule is O=C1CN(CC(=O)N[C@@H]2CCOC[C@H]2OCc2cscn2)CCN1. The molecule has 3 rings (SSSR count). The Labute approximate surface area is 144 Å². The minimum absolute atomic E-state index is 0.0374. The molecule has 0 radical (unpaired) electrons. The van der Waals surface area contributed by atoms with Crippen molar-refractivity contribution in [1.29, 1.82) is 0 Å². The van der Waals surface area contributed by atoms with Gasteiger partial charge in [0.1, 0.15) is 6.10 Å². The molecule has 2 atom stereocenters. The predicted molar refractivity (Wildman–Crippen MR) is 87.5 cm³/mol. The van der Waals surface area contributed by atoms with Gasteiger partial charge in [-0.15, -0.1) is 11.3 Å². The Balaban J connectivity index is 1.47. The largest absolute Gasteiger partial charge is 0.379 e. The normalized spacial score (nSPS) is 25.2. The van der Waals surface area contributed by atoms with Crippen LogP contribution in [0.1, 0.15) is 12.1 Å². The summed E-state index contributed by atoms with van der Waals surface area (Å²) >= 11 is 1.53. The number of thiazole rings is 1. The molecule has 1 aromatic rings. The van der Waals surface area contributed by atoms with Crippen LogP contribution in [0.2, 0.25) is 0 Å². The van der Waals surface area contributed by atoms with Gasteiger partial charge in [-0.2, -0.15) is 0 Å². The molecule has 2 aliphatic rings. The lowest BCUT2D eigenvalue weighted by Gasteiger charge is -2.33. The van der Waals surface area contributed by atoms with Gasteiger partial charge in [-0.05, 0) is 6.42 Å². The van der Waals surface area contributed by atoms with E-state index in [1.165, 1.54) is 11.3 Å². The van der Waals surface area contributed by atoms with E-state index in [1.54, 1.807) is 5.51 Å². The van der Waals surface area contributed by atoms with Gasteiger partial charge in [0.25, 0.3) is 0 Å². The van der Waals surface area contributed by atoms with Crippen molar-refractivity contribution in [2.45, 2.75) is 25.2 Å². The Morgan fingerprint density at radius 1 is 1.58 bits per heavy atom. The number of nitrogens with one attached hydrogen (secondary N) is 2. The molecule has 2 fully saturated rings. The molecular formula is C15H22N4O4S. The quantitative estimate of drug-likeness (QED) is 0.706. The fraction of sp³-hybridized carbons (Fsp3) is 0.667. The van der Waals surface area contributed by atoms with Crippen molar-refractivity contribution in [2.24, 2.45) is 0 Å². The van der Waals surface area contributed by atoms with Gasteiger partial charge in [0.05, 0.1) is 43.5 Å². The highest BCUT2D eigenvalue weighted by atomic mass is 32.1. The summed E-state index contributed by atoms with van der Waals surface area (Å²) in [4.78, 5) is 29.7. The lowest BCUT2D eigenvalue weighted by Crippen LogP contribution is -2.54. The third kappa shape index (κ3) is 4.97. The lowest BCUT2D eigenvalue weighted by molar-refractivity contribution is -0.130. The van der Waals surface area contributed by atoms with Gasteiger partial charge >= 0.3 is 0 Å². The second-order valence-electron chi connectivity index (χ2n) is 5.93. The number of amides is 2. The molecule has 1 aromatic heterocycles. The summed E-state index contributed by atoms with van der Waals surface area (Å²) in [6, 6.07) is -0.0801. The summed E-state index contributed by atoms with van der Waals surface area (Å²) in [5.74, 6) is -0.122. The van der Waals surface area contributed by atoms with Crippen molar-refractivity contribution in [3.05, 3.63) is 16.6 Å². The third-order valence-corrected chi connectivity index (χ3v) is 4.70. The van der Waals surface area contributed by atoms with Crippen LogP contribution in [0.25, 0.3) is 0 Å². The van der Waals surface area contributed by atoms with Crippen LogP contribution in [0.15, 0.2) is 10.9 Å². The molecule has 0 aromatic carbocycles. The van der Waals surface area contributed by atoms with Gasteiger partial charge < -0.3 is 20.1 Å². The number of aromatic nitrogens is 1. The molecule has 2 amide bonds. The molecule has 0 aliphatic carbocycles. The zero-order valence-corrected chi connectivity index (χ0v) is 14.2. The smallest absolute Gasteiger partial charge is 0.234 e. The molecule has 132 valence electrons. The Morgan fingerprint density at radius 2 is 2.50 bits per heavy atom. The van der Waals surface area contributed by atoms with E-state index < -0.39 is 0 Å². The second kappa shape index (κ2) is 8.52. The zero-order chi connectivity index (χ0) is 16.8. The Bertz CT molecular complexity index is 554. The van der Waals surface area contributed by atoms with Crippen LogP contribution in [0, 0.1) is 0 Å². The summed E-state index contributed by atoms with van der Waals surface area (Å²) < 4.78 is 11.3. The van der Waals surface area contributed by atoms with Crippen LogP contribution in [0.5, 0.6) is 0 Å². The first-order valence-corrected chi connectivity index (χ1v) is 9.00. The van der Waals surface area contributed by atoms with Crippen molar-refractivity contribution >= 4 is 23.2 Å². The monoisotopic (exact) mass is 354 g/mol. The van der Waals surface area contributed by atoms with Crippen LogP contribution >= 0.6 is 11.3 Å². The maximum atomic E-state index is 12.3. The molecule has 8 nitrogen and oxygen atoms in total. The Hall–Kier alpha value is -1.55. The molecule has 24 heavy (non-hydrogen) atoms. The minimum atomic E-state index is -0.186. The first kappa shape index (κ1) is 17.3. The first-order chi connectivity index (χ1) is 11.7. The second-order valence-corrected chi connectivity index (χ2v) is 6.65. The summed E-state index contributed by atoms with van der Waals surface area (Å²) in [5.41, 5.74) is 2.65. The number of rotatable bonds is 6. The van der Waals surface area contributed by atoms with Crippen LogP contribution in [-0.2, 0) is 25.7 Å². The van der Waals surface area contributed by atoms with Crippen molar-refractivity contribution < 1.29 is 19.1 Å². The number of carbonyl (C=O) groups excluding carboxylic acids is 2. The van der Waals surface area contributed by atoms with E-state index in [2.05, 4.69) is 15.6 Å². The van der Waals surface area contributed by atoms with Crippen LogP contribution in [0.3, 0.4) is 0 Å². The van der Waals surface area contributed by atoms with Gasteiger partial charge in [0.15, 0.2) is 0 Å². The maximum Gasteiger partial charge on any atom is 0.234 e. The number of nitrogens with zero attached hydrogens (tertiary/aromatic N) is 2. The van der Waals surface area contributed by atoms with E-state index in [0.29, 0.717) is 39.3 Å². The molecule has 0 spiro atoms. The molecule has 2 aliphatic heterocycles. The van der Waals surface area contributed by atoms with Crippen molar-refractivity contribution in [3.63, 3.8) is 0 Å². The summed E-state index contributed by atoms with van der Waals surface area (Å²) in [6.45, 7) is 3.25. The molecule has 0 saturated carbocycles. The van der Waals surface area contributed by atoms with E-state index >= 15 is 0 Å². The number of piperazine rings is 1. The fourth-order valence-electron chi connectivity index (χ4n) is 2.82. The lowest BCUT2D eigenvalue weighted by atomic mass is 10.1. The van der Waals surface area contributed by atoms with E-state index in [9.17, 15) is 9.59 Å². The Morgan fingerprint density at radius 3 is 3.29 bits per heavy atom. The molecular weight excluding hydrogens is 332 g/mol. The van der Waals surface area contributed by atoms with Crippen molar-refractivity contribution in [1.82, 2.24) is 20.5 Å². The molecule has 3 heterocycles. The topological polar surface area (TPSA) is 92.8 Å². The molecule has 9 heteroatoms. The van der Waals surface area contributed by atoms with Gasteiger partial charge in [0, 0.05) is 25.1 Å². The molecule has 2 N–H and O–H groups in total. The average molecular weight is 354 g/mol. The average Bonchev–Trinajstić information content (AvgIpc) is 3.07. The Kier molecular flexibility index (Phi) is 6.13. The summed E-state index contributed by atoms with van der Waals surface area (Å²) in [6.07, 6.45) is 0.530. The van der Waals surface area contributed by atoms with Gasteiger partial charge in [-0.1, -0.05) is 0 Å². The predicted octanol–water partition coefficient (Wildman–Crippen LogP) is -0.635. The van der Waals surface area contributed by atoms with Gasteiger partial charge in [-0.3, -0.25) is 14.5 Å². The van der Waals surface area contributed by atoms with Crippen LogP contribution in [-0.4, -0.2) is 73.2 Å². The number of carbonyl (C=O) groups is 2. The number of hydrogen-bond acceptors (Lipinski definition) is 7. The van der Waals surface area contributed by atoms with E-state index in [0.717, 1.165) is 5.69 Å². The van der Waals surface area contributed by atoms with Crippen molar-refractivity contribution in [2.75, 3.05) is 39.4 Å². The highest BCUT2D eigenvalue weighted by molar-refractivity contribution is 7.07. The van der Waals surface area contributed by atoms with Crippen molar-refractivity contribution in [3.8, 4) is 0 Å². The van der Waals surface area contributed by atoms with E-state index in [1.807, 2.05) is 10.3 Å². The molecule has 2 saturated heterocycles. The maximum absolute atomic E-state index is 12.3. The summed E-state index contributed by atoms with van der Waals surface area (Å²) in [7, 11) is 0. The van der Waals surface area contributed by atoms with Gasteiger partial charge in [-0.25, -0.2) is 4.98 Å². The fourth-order valence-corrected chi connectivity index (χ4v) is 3.37. The van der Waals surface area contributed by atoms with Crippen LogP contribution < -0.4 is 10.6 Å². The number of ether oxygens (including phenoxy) is 2. The van der Waals surface area contributed by atoms with E-state index in [-0.39, 0.29) is 37.0 Å². The summed E-state index contributed by atoms with van der Waals surface area (Å²) in [5, 5.41) is 7.72. The highest BCUT2D eigenvalue weighted by Crippen LogP contribution is 2.14. The highest BCUT2D eigenvalue weighted by Gasteiger charge is 2.29. The molecule has 0 unspecified atom stereocenters. The van der Waals surface area contributed by atoms with E-state index in [4.69, 9.17) is 9.47 Å². The number of hydrogen-bond donors (Lipinski definition) is 2. The van der Waals surface area contributed by atoms with Crippen LogP contribution in [0.4, 0.5) is 0 Å². The standard InChI is InChI=1S/C15H22N4O4S/c20-14-5-19(3-2-16-14)6-15(21)18-12-1-4-22-8-13(12)23-7-11-9-24-10-17-11/h9-10,12-13H,1-8H2,(H,16,20)(H,18,21)/t12-,13-/m1/s1. The molecule has 0 bridgehead atoms.